The van der Waals surface area contributed by atoms with Gasteiger partial charge in [-0.15, -0.1) is 0 Å². The van der Waals surface area contributed by atoms with Crippen LogP contribution in [0.25, 0.3) is 0 Å². The molecule has 0 aliphatic heterocycles. The van der Waals surface area contributed by atoms with Crippen LogP contribution in [0.4, 0.5) is 0 Å². The molecule has 0 spiro atoms. The smallest absolute Gasteiger partial charge is 0.175 e. The van der Waals surface area contributed by atoms with E-state index in [2.05, 4.69) is 0 Å². The Balaban J connectivity index is 4.39. The molecule has 2 N–H and O–H groups in total. The van der Waals surface area contributed by atoms with Crippen molar-refractivity contribution in [1.82, 2.24) is 4.90 Å². The lowest BCUT2D eigenvalue weighted by Gasteiger charge is -2.02. The van der Waals surface area contributed by atoms with Gasteiger partial charge in [0.05, 0.1) is 5.70 Å². The molecule has 0 aliphatic carbocycles. The van der Waals surface area contributed by atoms with Crippen molar-refractivity contribution in [3.63, 3.8) is 0 Å². The van der Waals surface area contributed by atoms with E-state index in [1.165, 1.54) is 6.92 Å². The molecule has 14 heavy (non-hydrogen) atoms. The number of nitrogens with zero attached hydrogens (tertiary/aromatic N) is 1. The summed E-state index contributed by atoms with van der Waals surface area (Å²) < 4.78 is 0. The Morgan fingerprint density at radius 1 is 1.21 bits per heavy atom. The van der Waals surface area contributed by atoms with E-state index in [1.807, 2.05) is 44.3 Å². The minimum atomic E-state index is -0.106. The van der Waals surface area contributed by atoms with E-state index in [0.29, 0.717) is 0 Å². The molecule has 0 unspecified atom stereocenters. The zero-order chi connectivity index (χ0) is 11.1. The van der Waals surface area contributed by atoms with Crippen molar-refractivity contribution in [3.8, 4) is 0 Å². The Bertz CT molecular complexity index is 286. The first-order chi connectivity index (χ1) is 6.43. The molecule has 3 heteroatoms. The van der Waals surface area contributed by atoms with Crippen molar-refractivity contribution >= 4 is 5.78 Å². The van der Waals surface area contributed by atoms with Gasteiger partial charge in [-0.25, -0.2) is 0 Å². The number of hydrogen-bond donors (Lipinski definition) is 1. The summed E-state index contributed by atoms with van der Waals surface area (Å²) in [6.07, 6.45) is 7.32. The van der Waals surface area contributed by atoms with Gasteiger partial charge in [0.25, 0.3) is 0 Å². The number of rotatable bonds is 4. The van der Waals surface area contributed by atoms with Crippen LogP contribution in [-0.2, 0) is 4.79 Å². The molecule has 0 aromatic carbocycles. The van der Waals surface area contributed by atoms with Crippen LogP contribution in [-0.4, -0.2) is 24.8 Å². The first-order valence-electron chi connectivity index (χ1n) is 4.43. The Morgan fingerprint density at radius 2 is 1.79 bits per heavy atom. The quantitative estimate of drug-likeness (QED) is 0.544. The van der Waals surface area contributed by atoms with Gasteiger partial charge < -0.3 is 10.6 Å². The second-order valence-electron chi connectivity index (χ2n) is 3.37. The van der Waals surface area contributed by atoms with Crippen molar-refractivity contribution in [2.24, 2.45) is 5.73 Å². The lowest BCUT2D eigenvalue weighted by molar-refractivity contribution is -0.113. The fourth-order valence-electron chi connectivity index (χ4n) is 0.661. The third-order valence-electron chi connectivity index (χ3n) is 1.57. The van der Waals surface area contributed by atoms with Crippen LogP contribution in [0.3, 0.4) is 0 Å². The molecule has 0 rings (SSSR count). The minimum Gasteiger partial charge on any atom is -0.396 e. The van der Waals surface area contributed by atoms with Gasteiger partial charge in [-0.1, -0.05) is 6.08 Å². The minimum absolute atomic E-state index is 0.106. The zero-order valence-corrected chi connectivity index (χ0v) is 9.24. The third kappa shape index (κ3) is 6.06. The first-order valence-corrected chi connectivity index (χ1v) is 4.43. The third-order valence-corrected chi connectivity index (χ3v) is 1.57. The molecule has 0 saturated heterocycles. The van der Waals surface area contributed by atoms with Crippen molar-refractivity contribution in [2.45, 2.75) is 13.8 Å². The van der Waals surface area contributed by atoms with E-state index in [4.69, 9.17) is 5.73 Å². The number of carbonyl (C=O) groups is 1. The summed E-state index contributed by atoms with van der Waals surface area (Å²) in [5.74, 6) is -0.106. The molecule has 0 heterocycles. The van der Waals surface area contributed by atoms with E-state index in [1.54, 1.807) is 6.08 Å². The van der Waals surface area contributed by atoms with Crippen molar-refractivity contribution in [1.29, 1.82) is 0 Å². The Hall–Kier alpha value is -1.51. The number of allylic oxidation sites excluding steroid dienone is 5. The molecule has 0 amide bonds. The number of Topliss-reactive ketones (excluding diaryl/α,β-unsaturated/α-hetero) is 1. The average Bonchev–Trinajstić information content (AvgIpc) is 2.10. The highest BCUT2D eigenvalue weighted by molar-refractivity contribution is 5.92. The first kappa shape index (κ1) is 12.5. The summed E-state index contributed by atoms with van der Waals surface area (Å²) >= 11 is 0. The number of hydrogen-bond acceptors (Lipinski definition) is 3. The van der Waals surface area contributed by atoms with Gasteiger partial charge >= 0.3 is 0 Å². The highest BCUT2D eigenvalue weighted by Gasteiger charge is 1.93. The standard InChI is InChI=1S/C11H18N2O/c1-9(7-8-13(3)4)5-6-11(12)10(2)14/h5-8H,12H2,1-4H3/b8-7+,9-5+,11-6-. The van der Waals surface area contributed by atoms with Gasteiger partial charge in [0.15, 0.2) is 5.78 Å². The summed E-state index contributed by atoms with van der Waals surface area (Å²) in [5.41, 5.74) is 6.78. The van der Waals surface area contributed by atoms with Crippen LogP contribution in [0.5, 0.6) is 0 Å². The summed E-state index contributed by atoms with van der Waals surface area (Å²) in [5, 5.41) is 0. The van der Waals surface area contributed by atoms with E-state index in [-0.39, 0.29) is 11.5 Å². The van der Waals surface area contributed by atoms with Crippen molar-refractivity contribution < 1.29 is 4.79 Å². The van der Waals surface area contributed by atoms with E-state index in [0.717, 1.165) is 5.57 Å². The molecule has 3 nitrogen and oxygen atoms in total. The van der Waals surface area contributed by atoms with Gasteiger partial charge in [0.2, 0.25) is 0 Å². The molecule has 0 bridgehead atoms. The van der Waals surface area contributed by atoms with Crippen LogP contribution in [0.2, 0.25) is 0 Å². The fourth-order valence-corrected chi connectivity index (χ4v) is 0.661. The summed E-state index contributed by atoms with van der Waals surface area (Å²) in [6.45, 7) is 3.40. The topological polar surface area (TPSA) is 46.3 Å². The maximum atomic E-state index is 10.8. The largest absolute Gasteiger partial charge is 0.396 e. The maximum absolute atomic E-state index is 10.8. The summed E-state index contributed by atoms with van der Waals surface area (Å²) in [6, 6.07) is 0. The second-order valence-corrected chi connectivity index (χ2v) is 3.37. The SMILES string of the molecule is CC(=O)/C(N)=C/C=C(C)/C=C/N(C)C. The van der Waals surface area contributed by atoms with E-state index >= 15 is 0 Å². The molecule has 0 atom stereocenters. The summed E-state index contributed by atoms with van der Waals surface area (Å²) in [4.78, 5) is 12.7. The fraction of sp³-hybridized carbons (Fsp3) is 0.364. The van der Waals surface area contributed by atoms with Crippen LogP contribution < -0.4 is 5.73 Å². The number of ketones is 1. The molecule has 78 valence electrons. The van der Waals surface area contributed by atoms with E-state index < -0.39 is 0 Å². The van der Waals surface area contributed by atoms with Gasteiger partial charge in [-0.3, -0.25) is 4.79 Å². The molecule has 0 fully saturated rings. The van der Waals surface area contributed by atoms with Crippen molar-refractivity contribution in [3.05, 3.63) is 35.7 Å². The summed E-state index contributed by atoms with van der Waals surface area (Å²) in [7, 11) is 3.90. The molecule has 0 aromatic rings. The predicted molar refractivity (Wildman–Crippen MR) is 59.5 cm³/mol. The van der Waals surface area contributed by atoms with E-state index in [9.17, 15) is 4.79 Å². The number of nitrogens with two attached hydrogens (primary N) is 1. The van der Waals surface area contributed by atoms with Crippen molar-refractivity contribution in [2.75, 3.05) is 14.1 Å². The van der Waals surface area contributed by atoms with Gasteiger partial charge in [0.1, 0.15) is 0 Å². The zero-order valence-electron chi connectivity index (χ0n) is 9.24. The molecule has 0 aliphatic rings. The molecular weight excluding hydrogens is 176 g/mol. The van der Waals surface area contributed by atoms with Gasteiger partial charge in [0, 0.05) is 21.0 Å². The maximum Gasteiger partial charge on any atom is 0.175 e. The lowest BCUT2D eigenvalue weighted by atomic mass is 10.2. The highest BCUT2D eigenvalue weighted by Crippen LogP contribution is 1.97. The van der Waals surface area contributed by atoms with Gasteiger partial charge in [-0.2, -0.15) is 0 Å². The second kappa shape index (κ2) is 6.02. The predicted octanol–water partition coefficient (Wildman–Crippen LogP) is 1.44. The monoisotopic (exact) mass is 194 g/mol. The molecule has 0 aromatic heterocycles. The lowest BCUT2D eigenvalue weighted by Crippen LogP contribution is -2.06. The molecule has 0 radical (unpaired) electrons. The molecule has 0 saturated carbocycles. The van der Waals surface area contributed by atoms with Gasteiger partial charge in [-0.05, 0) is 30.8 Å². The Kier molecular flexibility index (Phi) is 5.37. The molecular formula is C11H18N2O. The highest BCUT2D eigenvalue weighted by atomic mass is 16.1. The normalized spacial score (nSPS) is 13.4. The average molecular weight is 194 g/mol. The van der Waals surface area contributed by atoms with Crippen LogP contribution >= 0.6 is 0 Å². The van der Waals surface area contributed by atoms with Crippen LogP contribution in [0, 0.1) is 0 Å². The van der Waals surface area contributed by atoms with Crippen LogP contribution in [0.15, 0.2) is 35.7 Å². The number of carbonyl (C=O) groups excluding carboxylic acids is 1. The Morgan fingerprint density at radius 3 is 2.21 bits per heavy atom. The van der Waals surface area contributed by atoms with Crippen LogP contribution in [0.1, 0.15) is 13.8 Å². The Labute approximate surface area is 85.6 Å².